The molecule has 8 heteroatoms. The van der Waals surface area contributed by atoms with E-state index in [1.807, 2.05) is 6.92 Å². The molecule has 156 valence electrons. The maximum atomic E-state index is 12.9. The average Bonchev–Trinajstić information content (AvgIpc) is 2.69. The Kier molecular flexibility index (Phi) is 7.02. The number of benzene rings is 1. The van der Waals surface area contributed by atoms with Crippen LogP contribution >= 0.6 is 11.6 Å². The molecule has 0 unspecified atom stereocenters. The molecular weight excluding hydrogens is 398 g/mol. The minimum absolute atomic E-state index is 0.0427. The van der Waals surface area contributed by atoms with Gasteiger partial charge in [-0.3, -0.25) is 9.69 Å². The fourth-order valence-corrected chi connectivity index (χ4v) is 6.04. The van der Waals surface area contributed by atoms with E-state index in [-0.39, 0.29) is 27.9 Å². The second kappa shape index (κ2) is 9.11. The molecule has 1 saturated heterocycles. The second-order valence-corrected chi connectivity index (χ2v) is 10.2. The quantitative estimate of drug-likeness (QED) is 0.784. The smallest absolute Gasteiger partial charge is 0.244 e. The molecule has 1 aliphatic carbocycles. The minimum atomic E-state index is -3.62. The predicted octanol–water partition coefficient (Wildman–Crippen LogP) is 2.73. The highest BCUT2D eigenvalue weighted by Crippen LogP contribution is 2.26. The zero-order valence-electron chi connectivity index (χ0n) is 16.6. The fourth-order valence-electron chi connectivity index (χ4n) is 4.12. The molecule has 1 aromatic carbocycles. The zero-order chi connectivity index (χ0) is 20.3. The van der Waals surface area contributed by atoms with Crippen molar-refractivity contribution >= 4 is 27.5 Å². The number of nitrogens with zero attached hydrogens (tertiary/aromatic N) is 2. The van der Waals surface area contributed by atoms with Crippen LogP contribution in [0, 0.1) is 5.92 Å². The highest BCUT2D eigenvalue weighted by molar-refractivity contribution is 7.89. The third-order valence-electron chi connectivity index (χ3n) is 6.09. The first kappa shape index (κ1) is 21.6. The molecule has 3 atom stereocenters. The molecule has 1 N–H and O–H groups in total. The molecule has 0 bridgehead atoms. The lowest BCUT2D eigenvalue weighted by molar-refractivity contribution is -0.127. The highest BCUT2D eigenvalue weighted by atomic mass is 35.5. The molecule has 0 aromatic heterocycles. The van der Waals surface area contributed by atoms with Crippen LogP contribution < -0.4 is 5.32 Å². The van der Waals surface area contributed by atoms with Crippen molar-refractivity contribution in [2.45, 2.75) is 56.5 Å². The maximum Gasteiger partial charge on any atom is 0.244 e. The van der Waals surface area contributed by atoms with Gasteiger partial charge in [-0.2, -0.15) is 4.31 Å². The largest absolute Gasteiger partial charge is 0.352 e. The van der Waals surface area contributed by atoms with Crippen molar-refractivity contribution < 1.29 is 13.2 Å². The van der Waals surface area contributed by atoms with Gasteiger partial charge in [0.1, 0.15) is 4.90 Å². The summed E-state index contributed by atoms with van der Waals surface area (Å²) in [5, 5.41) is 3.45. The second-order valence-electron chi connectivity index (χ2n) is 7.92. The average molecular weight is 428 g/mol. The van der Waals surface area contributed by atoms with Gasteiger partial charge in [0.25, 0.3) is 0 Å². The third-order valence-corrected chi connectivity index (χ3v) is 8.49. The van der Waals surface area contributed by atoms with E-state index in [0.29, 0.717) is 32.1 Å². The van der Waals surface area contributed by atoms with Crippen molar-refractivity contribution in [2.24, 2.45) is 5.92 Å². The summed E-state index contributed by atoms with van der Waals surface area (Å²) in [7, 11) is -3.62. The van der Waals surface area contributed by atoms with E-state index in [4.69, 9.17) is 11.6 Å². The van der Waals surface area contributed by atoms with Crippen molar-refractivity contribution in [3.8, 4) is 0 Å². The van der Waals surface area contributed by atoms with Crippen LogP contribution in [0.1, 0.15) is 39.5 Å². The first-order valence-corrected chi connectivity index (χ1v) is 11.9. The Morgan fingerprint density at radius 2 is 1.79 bits per heavy atom. The topological polar surface area (TPSA) is 69.7 Å². The van der Waals surface area contributed by atoms with Gasteiger partial charge in [-0.25, -0.2) is 8.42 Å². The predicted molar refractivity (Wildman–Crippen MR) is 111 cm³/mol. The van der Waals surface area contributed by atoms with Crippen molar-refractivity contribution in [3.05, 3.63) is 29.3 Å². The summed E-state index contributed by atoms with van der Waals surface area (Å²) in [4.78, 5) is 14.9. The van der Waals surface area contributed by atoms with E-state index in [2.05, 4.69) is 17.1 Å². The zero-order valence-corrected chi connectivity index (χ0v) is 18.2. The molecule has 6 nitrogen and oxygen atoms in total. The Balaban J connectivity index is 1.57. The number of hydrogen-bond donors (Lipinski definition) is 1. The fraction of sp³-hybridized carbons (Fsp3) is 0.650. The summed E-state index contributed by atoms with van der Waals surface area (Å²) in [5.74, 6) is 0.559. The van der Waals surface area contributed by atoms with E-state index < -0.39 is 10.0 Å². The van der Waals surface area contributed by atoms with Crippen LogP contribution in [0.25, 0.3) is 0 Å². The Morgan fingerprint density at radius 3 is 2.43 bits per heavy atom. The first-order chi connectivity index (χ1) is 13.3. The lowest BCUT2D eigenvalue weighted by Gasteiger charge is -2.38. The molecule has 0 radical (unpaired) electrons. The molecule has 1 amide bonds. The molecule has 3 rings (SSSR count). The third kappa shape index (κ3) is 4.70. The van der Waals surface area contributed by atoms with Crippen LogP contribution in [0.2, 0.25) is 5.02 Å². The normalized spacial score (nSPS) is 26.0. The lowest BCUT2D eigenvalue weighted by Crippen LogP contribution is -2.56. The Labute approximate surface area is 173 Å². The van der Waals surface area contributed by atoms with Crippen LogP contribution in [-0.2, 0) is 14.8 Å². The minimum Gasteiger partial charge on any atom is -0.352 e. The molecule has 1 aliphatic heterocycles. The number of rotatable bonds is 5. The van der Waals surface area contributed by atoms with Gasteiger partial charge in [0.2, 0.25) is 15.9 Å². The van der Waals surface area contributed by atoms with Crippen LogP contribution in [-0.4, -0.2) is 61.8 Å². The summed E-state index contributed by atoms with van der Waals surface area (Å²) in [6.07, 6.45) is 4.62. The van der Waals surface area contributed by atoms with Crippen molar-refractivity contribution in [3.63, 3.8) is 0 Å². The van der Waals surface area contributed by atoms with Crippen LogP contribution in [0.4, 0.5) is 0 Å². The van der Waals surface area contributed by atoms with Crippen molar-refractivity contribution in [2.75, 3.05) is 26.2 Å². The molecule has 28 heavy (non-hydrogen) atoms. The van der Waals surface area contributed by atoms with E-state index >= 15 is 0 Å². The van der Waals surface area contributed by atoms with E-state index in [1.165, 1.54) is 23.2 Å². The molecule has 1 heterocycles. The van der Waals surface area contributed by atoms with Gasteiger partial charge in [-0.15, -0.1) is 0 Å². The van der Waals surface area contributed by atoms with Gasteiger partial charge in [0.05, 0.1) is 11.1 Å². The molecule has 2 aliphatic rings. The summed E-state index contributed by atoms with van der Waals surface area (Å²) in [6.45, 7) is 5.86. The van der Waals surface area contributed by atoms with Gasteiger partial charge in [-0.05, 0) is 37.8 Å². The van der Waals surface area contributed by atoms with Crippen molar-refractivity contribution in [1.29, 1.82) is 0 Å². The van der Waals surface area contributed by atoms with Crippen LogP contribution in [0.3, 0.4) is 0 Å². The number of nitrogens with one attached hydrogen (secondary N) is 1. The summed E-state index contributed by atoms with van der Waals surface area (Å²) in [5.41, 5.74) is 0. The van der Waals surface area contributed by atoms with Gasteiger partial charge in [0.15, 0.2) is 0 Å². The number of piperazine rings is 1. The first-order valence-electron chi connectivity index (χ1n) is 10.1. The van der Waals surface area contributed by atoms with Gasteiger partial charge >= 0.3 is 0 Å². The SMILES string of the molecule is C[C@H](C(=O)N[C@@H]1CCCC[C@@H]1C)N1CCN(S(=O)(=O)c2ccccc2Cl)CC1. The number of carbonyl (C=O) groups excluding carboxylic acids is 1. The Hall–Kier alpha value is -1.15. The molecule has 1 saturated carbocycles. The summed E-state index contributed by atoms with van der Waals surface area (Å²) >= 11 is 6.08. The van der Waals surface area contributed by atoms with Gasteiger partial charge in [0, 0.05) is 32.2 Å². The molecule has 2 fully saturated rings. The van der Waals surface area contributed by atoms with Crippen LogP contribution in [0.5, 0.6) is 0 Å². The highest BCUT2D eigenvalue weighted by Gasteiger charge is 2.33. The van der Waals surface area contributed by atoms with Crippen molar-refractivity contribution in [1.82, 2.24) is 14.5 Å². The Bertz CT molecular complexity index is 794. The standard InChI is InChI=1S/C20H30ClN3O3S/c1-15-7-3-5-9-18(15)22-20(25)16(2)23-11-13-24(14-12-23)28(26,27)19-10-6-4-8-17(19)21/h4,6,8,10,15-16,18H,3,5,7,9,11-14H2,1-2H3,(H,22,25)/t15-,16+,18+/m0/s1. The molecule has 0 spiro atoms. The lowest BCUT2D eigenvalue weighted by atomic mass is 9.86. The van der Waals surface area contributed by atoms with Gasteiger partial charge in [-0.1, -0.05) is 43.5 Å². The number of sulfonamides is 1. The Morgan fingerprint density at radius 1 is 1.14 bits per heavy atom. The maximum absolute atomic E-state index is 12.9. The summed E-state index contributed by atoms with van der Waals surface area (Å²) in [6, 6.07) is 6.50. The molecular formula is C20H30ClN3O3S. The number of hydrogen-bond acceptors (Lipinski definition) is 4. The number of halogens is 1. The van der Waals surface area contributed by atoms with E-state index in [0.717, 1.165) is 12.8 Å². The van der Waals surface area contributed by atoms with Gasteiger partial charge < -0.3 is 5.32 Å². The molecule has 1 aromatic rings. The number of carbonyl (C=O) groups is 1. The monoisotopic (exact) mass is 427 g/mol. The number of amides is 1. The van der Waals surface area contributed by atoms with E-state index in [9.17, 15) is 13.2 Å². The van der Waals surface area contributed by atoms with E-state index in [1.54, 1.807) is 18.2 Å². The summed E-state index contributed by atoms with van der Waals surface area (Å²) < 4.78 is 27.2. The van der Waals surface area contributed by atoms with Crippen LogP contribution in [0.15, 0.2) is 29.2 Å².